The number of ether oxygens (including phenoxy) is 1. The third-order valence-corrected chi connectivity index (χ3v) is 1.73. The first kappa shape index (κ1) is 17.0. The number of rotatable bonds is 5. The highest BCUT2D eigenvalue weighted by molar-refractivity contribution is 5.85. The van der Waals surface area contributed by atoms with Gasteiger partial charge in [-0.1, -0.05) is 13.8 Å². The van der Waals surface area contributed by atoms with E-state index in [-0.39, 0.29) is 24.7 Å². The molecule has 0 aromatic rings. The van der Waals surface area contributed by atoms with E-state index in [1.165, 1.54) is 0 Å². The van der Waals surface area contributed by atoms with Gasteiger partial charge in [-0.3, -0.25) is 4.79 Å². The van der Waals surface area contributed by atoms with Crippen LogP contribution in [0.15, 0.2) is 0 Å². The summed E-state index contributed by atoms with van der Waals surface area (Å²) in [5.41, 5.74) is 5.24. The molecule has 0 unspecified atom stereocenters. The molecule has 0 aliphatic heterocycles. The second kappa shape index (κ2) is 6.95. The van der Waals surface area contributed by atoms with E-state index in [4.69, 9.17) is 5.73 Å². The normalized spacial score (nSPS) is 13.3. The minimum absolute atomic E-state index is 0. The summed E-state index contributed by atoms with van der Waals surface area (Å²) in [6.07, 6.45) is -0.921. The second-order valence-electron chi connectivity index (χ2n) is 3.79. The maximum Gasteiger partial charge on any atom is 0.322 e. The van der Waals surface area contributed by atoms with Crippen LogP contribution in [0.1, 0.15) is 26.7 Å². The molecule has 0 saturated carbocycles. The minimum Gasteiger partial charge on any atom is -0.468 e. The summed E-state index contributed by atoms with van der Waals surface area (Å²) in [4.78, 5) is 10.8. The van der Waals surface area contributed by atoms with Gasteiger partial charge in [-0.15, -0.1) is 12.4 Å². The quantitative estimate of drug-likeness (QED) is 0.754. The van der Waals surface area contributed by atoms with Gasteiger partial charge in [0.1, 0.15) is 6.04 Å². The molecule has 0 bridgehead atoms. The Hall–Kier alpha value is -0.420. The van der Waals surface area contributed by atoms with Crippen molar-refractivity contribution >= 4 is 18.4 Å². The molecule has 0 saturated heterocycles. The van der Waals surface area contributed by atoms with Gasteiger partial charge in [0.2, 0.25) is 0 Å². The number of methoxy groups -OCH3 is 1. The molecule has 1 atom stereocenters. The first-order chi connectivity index (χ1) is 6.28. The third kappa shape index (κ3) is 7.50. The number of carbonyl (C=O) groups is 1. The Balaban J connectivity index is 0. The van der Waals surface area contributed by atoms with E-state index < -0.39 is 24.4 Å². The summed E-state index contributed by atoms with van der Waals surface area (Å²) in [7, 11) is 1.13. The van der Waals surface area contributed by atoms with Crippen molar-refractivity contribution in [2.24, 2.45) is 11.7 Å². The maximum atomic E-state index is 13.1. The van der Waals surface area contributed by atoms with Crippen LogP contribution in [-0.4, -0.2) is 25.0 Å². The highest BCUT2D eigenvalue weighted by Crippen LogP contribution is 2.28. The smallest absolute Gasteiger partial charge is 0.322 e. The number of alkyl halides is 2. The highest BCUT2D eigenvalue weighted by Gasteiger charge is 2.34. The number of esters is 1. The van der Waals surface area contributed by atoms with Crippen molar-refractivity contribution in [2.75, 3.05) is 7.11 Å². The van der Waals surface area contributed by atoms with Crippen molar-refractivity contribution in [3.8, 4) is 0 Å². The van der Waals surface area contributed by atoms with Crippen molar-refractivity contribution in [3.63, 3.8) is 0 Å². The van der Waals surface area contributed by atoms with Gasteiger partial charge < -0.3 is 10.5 Å². The maximum absolute atomic E-state index is 13.1. The van der Waals surface area contributed by atoms with Gasteiger partial charge in [0.25, 0.3) is 5.92 Å². The van der Waals surface area contributed by atoms with E-state index in [0.29, 0.717) is 0 Å². The Morgan fingerprint density at radius 1 is 1.40 bits per heavy atom. The first-order valence-corrected chi connectivity index (χ1v) is 4.49. The first-order valence-electron chi connectivity index (χ1n) is 4.49. The molecule has 0 rings (SSSR count). The monoisotopic (exact) mass is 245 g/mol. The minimum atomic E-state index is -2.90. The fourth-order valence-electron chi connectivity index (χ4n) is 1.24. The number of hydrogen-bond acceptors (Lipinski definition) is 3. The average molecular weight is 246 g/mol. The summed E-state index contributed by atoms with van der Waals surface area (Å²) < 4.78 is 30.5. The average Bonchev–Trinajstić information content (AvgIpc) is 1.99. The van der Waals surface area contributed by atoms with Gasteiger partial charge in [0.05, 0.1) is 7.11 Å². The fourth-order valence-corrected chi connectivity index (χ4v) is 1.24. The van der Waals surface area contributed by atoms with E-state index in [2.05, 4.69) is 4.74 Å². The Bertz CT molecular complexity index is 201. The molecule has 0 aliphatic carbocycles. The molecule has 3 nitrogen and oxygen atoms in total. The van der Waals surface area contributed by atoms with Crippen molar-refractivity contribution in [2.45, 2.75) is 38.7 Å². The second-order valence-corrected chi connectivity index (χ2v) is 3.79. The lowest BCUT2D eigenvalue weighted by Crippen LogP contribution is -2.38. The van der Waals surface area contributed by atoms with Gasteiger partial charge in [-0.25, -0.2) is 8.78 Å². The molecule has 0 heterocycles. The van der Waals surface area contributed by atoms with Crippen LogP contribution in [0.2, 0.25) is 0 Å². The lowest BCUT2D eigenvalue weighted by atomic mass is 9.99. The predicted octanol–water partition coefficient (Wildman–Crippen LogP) is 1.98. The van der Waals surface area contributed by atoms with Crippen molar-refractivity contribution in [1.29, 1.82) is 0 Å². The lowest BCUT2D eigenvalue weighted by molar-refractivity contribution is -0.145. The molecule has 0 amide bonds. The van der Waals surface area contributed by atoms with Crippen molar-refractivity contribution in [3.05, 3.63) is 0 Å². The zero-order valence-corrected chi connectivity index (χ0v) is 9.94. The predicted molar refractivity (Wildman–Crippen MR) is 56.3 cm³/mol. The largest absolute Gasteiger partial charge is 0.468 e. The van der Waals surface area contributed by atoms with Crippen LogP contribution >= 0.6 is 12.4 Å². The van der Waals surface area contributed by atoms with Gasteiger partial charge in [-0.2, -0.15) is 0 Å². The third-order valence-electron chi connectivity index (χ3n) is 1.73. The zero-order chi connectivity index (χ0) is 11.4. The van der Waals surface area contributed by atoms with Gasteiger partial charge in [0.15, 0.2) is 0 Å². The van der Waals surface area contributed by atoms with Crippen LogP contribution in [0.3, 0.4) is 0 Å². The summed E-state index contributed by atoms with van der Waals surface area (Å²) in [6.45, 7) is 3.38. The SMILES string of the molecule is COC(=O)[C@@H](N)CC(F)(F)CC(C)C.Cl. The molecular formula is C9H18ClF2NO2. The molecule has 0 fully saturated rings. The molecule has 0 spiro atoms. The molecule has 15 heavy (non-hydrogen) atoms. The standard InChI is InChI=1S/C9H17F2NO2.ClH/c1-6(2)4-9(10,11)5-7(12)8(13)14-3;/h6-7H,4-5,12H2,1-3H3;1H/t7-;/m0./s1. The van der Waals surface area contributed by atoms with E-state index in [9.17, 15) is 13.6 Å². The summed E-state index contributed by atoms with van der Waals surface area (Å²) in [6, 6.07) is -1.24. The highest BCUT2D eigenvalue weighted by atomic mass is 35.5. The van der Waals surface area contributed by atoms with Gasteiger partial charge >= 0.3 is 5.97 Å². The van der Waals surface area contributed by atoms with Crippen LogP contribution in [-0.2, 0) is 9.53 Å². The molecule has 0 aromatic carbocycles. The van der Waals surface area contributed by atoms with E-state index in [1.807, 2.05) is 0 Å². The molecule has 0 aliphatic rings. The van der Waals surface area contributed by atoms with E-state index in [0.717, 1.165) is 7.11 Å². The molecule has 0 aromatic heterocycles. The summed E-state index contributed by atoms with van der Waals surface area (Å²) in [5, 5.41) is 0. The number of nitrogens with two attached hydrogens (primary N) is 1. The molecule has 2 N–H and O–H groups in total. The number of hydrogen-bond donors (Lipinski definition) is 1. The lowest BCUT2D eigenvalue weighted by Gasteiger charge is -2.20. The Kier molecular flexibility index (Phi) is 7.88. The van der Waals surface area contributed by atoms with Crippen LogP contribution in [0, 0.1) is 5.92 Å². The molecule has 92 valence electrons. The molecular weight excluding hydrogens is 228 g/mol. The van der Waals surface area contributed by atoms with Crippen molar-refractivity contribution in [1.82, 2.24) is 0 Å². The van der Waals surface area contributed by atoms with E-state index in [1.54, 1.807) is 13.8 Å². The summed E-state index contributed by atoms with van der Waals surface area (Å²) in [5.74, 6) is -3.83. The van der Waals surface area contributed by atoms with Crippen LogP contribution < -0.4 is 5.73 Å². The van der Waals surface area contributed by atoms with Gasteiger partial charge in [0, 0.05) is 12.8 Å². The zero-order valence-electron chi connectivity index (χ0n) is 9.13. The fraction of sp³-hybridized carbons (Fsp3) is 0.889. The van der Waals surface area contributed by atoms with Gasteiger partial charge in [-0.05, 0) is 5.92 Å². The molecule has 0 radical (unpaired) electrons. The van der Waals surface area contributed by atoms with E-state index >= 15 is 0 Å². The summed E-state index contributed by atoms with van der Waals surface area (Å²) >= 11 is 0. The van der Waals surface area contributed by atoms with Crippen molar-refractivity contribution < 1.29 is 18.3 Å². The van der Waals surface area contributed by atoms with Crippen LogP contribution in [0.25, 0.3) is 0 Å². The molecule has 6 heteroatoms. The number of carbonyl (C=O) groups excluding carboxylic acids is 1. The Morgan fingerprint density at radius 3 is 2.20 bits per heavy atom. The Labute approximate surface area is 94.8 Å². The van der Waals surface area contributed by atoms with Crippen LogP contribution in [0.4, 0.5) is 8.78 Å². The topological polar surface area (TPSA) is 52.3 Å². The van der Waals surface area contributed by atoms with Crippen LogP contribution in [0.5, 0.6) is 0 Å². The number of halogens is 3. The Morgan fingerprint density at radius 2 is 1.87 bits per heavy atom.